The summed E-state index contributed by atoms with van der Waals surface area (Å²) in [6.45, 7) is 3.55. The quantitative estimate of drug-likeness (QED) is 0.209. The second-order valence-corrected chi connectivity index (χ2v) is 10.2. The van der Waals surface area contributed by atoms with E-state index in [0.29, 0.717) is 11.1 Å². The molecular formula is C28H22FO2S+. The third kappa shape index (κ3) is 3.57. The van der Waals surface area contributed by atoms with Crippen LogP contribution in [0.2, 0.25) is 0 Å². The minimum absolute atomic E-state index is 0.207. The van der Waals surface area contributed by atoms with Gasteiger partial charge in [-0.1, -0.05) is 42.5 Å². The summed E-state index contributed by atoms with van der Waals surface area (Å²) >= 11 is 0. The van der Waals surface area contributed by atoms with Crippen LogP contribution in [0.3, 0.4) is 0 Å². The van der Waals surface area contributed by atoms with Crippen LogP contribution >= 0.6 is 10.5 Å². The fraction of sp³-hybridized carbons (Fsp3) is 0.107. The maximum Gasteiger partial charge on any atom is 0.339 e. The van der Waals surface area contributed by atoms with Gasteiger partial charge >= 0.3 is 5.97 Å². The first-order valence-electron chi connectivity index (χ1n) is 10.5. The Balaban J connectivity index is 1.58. The van der Waals surface area contributed by atoms with Crippen LogP contribution in [-0.4, -0.2) is 5.97 Å². The third-order valence-electron chi connectivity index (χ3n) is 5.68. The van der Waals surface area contributed by atoms with Gasteiger partial charge in [0, 0.05) is 21.2 Å². The zero-order valence-corrected chi connectivity index (χ0v) is 18.7. The highest BCUT2D eigenvalue weighted by Crippen LogP contribution is 2.48. The number of benzene rings is 4. The van der Waals surface area contributed by atoms with E-state index in [2.05, 4.69) is 42.5 Å². The summed E-state index contributed by atoms with van der Waals surface area (Å²) < 4.78 is 22.0. The second kappa shape index (κ2) is 7.88. The van der Waals surface area contributed by atoms with Crippen LogP contribution in [-0.2, 0) is 10.3 Å². The lowest BCUT2D eigenvalue weighted by atomic mass is 9.98. The van der Waals surface area contributed by atoms with Gasteiger partial charge in [-0.3, -0.25) is 0 Å². The zero-order chi connectivity index (χ0) is 22.3. The molecule has 0 fully saturated rings. The Morgan fingerprint density at radius 3 is 2.28 bits per heavy atom. The minimum Gasteiger partial charge on any atom is -0.451 e. The molecule has 0 aliphatic carbocycles. The molecule has 0 N–H and O–H groups in total. The Morgan fingerprint density at radius 1 is 0.781 bits per heavy atom. The molecule has 0 aliphatic rings. The molecule has 1 unspecified atom stereocenters. The molecular weight excluding hydrogens is 419 g/mol. The molecule has 2 nitrogen and oxygen atoms in total. The van der Waals surface area contributed by atoms with Gasteiger partial charge in [0.2, 0.25) is 0 Å². The van der Waals surface area contributed by atoms with E-state index in [1.165, 1.54) is 26.4 Å². The number of fused-ring (bicyclic) bond motifs is 3. The molecule has 0 saturated heterocycles. The van der Waals surface area contributed by atoms with E-state index >= 15 is 0 Å². The van der Waals surface area contributed by atoms with Crippen molar-refractivity contribution in [1.29, 1.82) is 0 Å². The molecule has 0 saturated carbocycles. The number of hydrogen-bond donors (Lipinski definition) is 0. The SMILES string of the molecule is CC(C)(OC(=O)c1ccc2c(c1)c1ccccc1[s+]2-c1ccccc1)c1cccc(F)c1. The normalized spacial score (nSPS) is 12.3. The molecule has 0 spiro atoms. The van der Waals surface area contributed by atoms with E-state index in [1.807, 2.05) is 30.3 Å². The summed E-state index contributed by atoms with van der Waals surface area (Å²) in [6, 6.07) is 30.8. The highest BCUT2D eigenvalue weighted by atomic mass is 32.2. The molecule has 0 radical (unpaired) electrons. The van der Waals surface area contributed by atoms with Crippen molar-refractivity contribution in [2.45, 2.75) is 19.4 Å². The predicted molar refractivity (Wildman–Crippen MR) is 130 cm³/mol. The molecule has 5 rings (SSSR count). The molecule has 158 valence electrons. The van der Waals surface area contributed by atoms with Gasteiger partial charge in [-0.2, -0.15) is 0 Å². The Labute approximate surface area is 188 Å². The number of esters is 1. The molecule has 0 bridgehead atoms. The Morgan fingerprint density at radius 2 is 1.50 bits per heavy atom. The summed E-state index contributed by atoms with van der Waals surface area (Å²) in [5.74, 6) is -0.778. The van der Waals surface area contributed by atoms with Crippen LogP contribution < -0.4 is 0 Å². The predicted octanol–water partition coefficient (Wildman–Crippen LogP) is 7.96. The first-order chi connectivity index (χ1) is 15.4. The van der Waals surface area contributed by atoms with Gasteiger partial charge in [0.15, 0.2) is 14.3 Å². The van der Waals surface area contributed by atoms with Crippen LogP contribution in [0.1, 0.15) is 29.8 Å². The fourth-order valence-corrected chi connectivity index (χ4v) is 6.43. The summed E-state index contributed by atoms with van der Waals surface area (Å²) in [7, 11) is -0.207. The van der Waals surface area contributed by atoms with E-state index in [9.17, 15) is 9.18 Å². The highest BCUT2D eigenvalue weighted by molar-refractivity contribution is 7.50. The van der Waals surface area contributed by atoms with Crippen molar-refractivity contribution in [2.24, 2.45) is 0 Å². The van der Waals surface area contributed by atoms with Gasteiger partial charge < -0.3 is 4.74 Å². The molecule has 4 aromatic carbocycles. The van der Waals surface area contributed by atoms with Gasteiger partial charge in [-0.05, 0) is 74.0 Å². The van der Waals surface area contributed by atoms with Crippen LogP contribution in [0, 0.1) is 5.82 Å². The molecule has 0 amide bonds. The standard InChI is InChI=1S/C28H22FO2S/c1-28(2,20-9-8-10-21(29)18-20)31-27(30)19-15-16-26-24(17-19)23-13-6-7-14-25(23)32(26)22-11-4-3-5-12-22/h3-18H,1-2H3/q+1. The van der Waals surface area contributed by atoms with Gasteiger partial charge in [-0.15, -0.1) is 0 Å². The van der Waals surface area contributed by atoms with Crippen molar-refractivity contribution in [1.82, 2.24) is 0 Å². The first kappa shape index (κ1) is 20.4. The van der Waals surface area contributed by atoms with Gasteiger partial charge in [0.1, 0.15) is 11.4 Å². The maximum atomic E-state index is 13.7. The summed E-state index contributed by atoms with van der Waals surface area (Å²) in [5, 5.41) is 2.21. The van der Waals surface area contributed by atoms with E-state index in [-0.39, 0.29) is 16.3 Å². The maximum absolute atomic E-state index is 13.7. The van der Waals surface area contributed by atoms with Crippen LogP contribution in [0.15, 0.2) is 97.1 Å². The Kier molecular flexibility index (Phi) is 5.03. The van der Waals surface area contributed by atoms with Crippen LogP contribution in [0.5, 0.6) is 0 Å². The average molecular weight is 442 g/mol. The lowest BCUT2D eigenvalue weighted by molar-refractivity contribution is -0.00323. The topological polar surface area (TPSA) is 26.3 Å². The van der Waals surface area contributed by atoms with Crippen molar-refractivity contribution in [3.63, 3.8) is 0 Å². The van der Waals surface area contributed by atoms with Crippen molar-refractivity contribution >= 4 is 36.6 Å². The van der Waals surface area contributed by atoms with Crippen molar-refractivity contribution in [2.75, 3.05) is 0 Å². The van der Waals surface area contributed by atoms with Crippen molar-refractivity contribution in [3.05, 3.63) is 114 Å². The summed E-state index contributed by atoms with van der Waals surface area (Å²) in [5.41, 5.74) is 0.147. The van der Waals surface area contributed by atoms with E-state index in [0.717, 1.165) is 10.8 Å². The Bertz CT molecular complexity index is 1450. The molecule has 32 heavy (non-hydrogen) atoms. The minimum atomic E-state index is -0.954. The number of ether oxygens (including phenoxy) is 1. The highest BCUT2D eigenvalue weighted by Gasteiger charge is 2.28. The first-order valence-corrected chi connectivity index (χ1v) is 11.7. The number of halogens is 1. The summed E-state index contributed by atoms with van der Waals surface area (Å²) in [4.78, 5) is 14.3. The molecule has 5 aromatic rings. The second-order valence-electron chi connectivity index (χ2n) is 8.24. The molecule has 1 heterocycles. The Hall–Kier alpha value is -3.50. The molecule has 0 aliphatic heterocycles. The number of thiophene rings is 1. The number of carbonyl (C=O) groups excluding carboxylic acids is 1. The number of hydrogen-bond acceptors (Lipinski definition) is 2. The smallest absolute Gasteiger partial charge is 0.339 e. The lowest BCUT2D eigenvalue weighted by Crippen LogP contribution is -2.25. The van der Waals surface area contributed by atoms with Gasteiger partial charge in [0.05, 0.1) is 5.56 Å². The third-order valence-corrected chi connectivity index (χ3v) is 8.01. The molecule has 4 heteroatoms. The lowest BCUT2D eigenvalue weighted by Gasteiger charge is -2.25. The van der Waals surface area contributed by atoms with E-state index in [4.69, 9.17) is 4.74 Å². The van der Waals surface area contributed by atoms with E-state index < -0.39 is 11.6 Å². The number of rotatable bonds is 4. The average Bonchev–Trinajstić information content (AvgIpc) is 3.13. The molecule has 1 atom stereocenters. The van der Waals surface area contributed by atoms with Crippen LogP contribution in [0.25, 0.3) is 25.1 Å². The largest absolute Gasteiger partial charge is 0.451 e. The van der Waals surface area contributed by atoms with Crippen LogP contribution in [0.4, 0.5) is 4.39 Å². The van der Waals surface area contributed by atoms with Gasteiger partial charge in [0.25, 0.3) is 0 Å². The van der Waals surface area contributed by atoms with E-state index in [1.54, 1.807) is 26.0 Å². The van der Waals surface area contributed by atoms with Crippen molar-refractivity contribution in [3.8, 4) is 4.90 Å². The fourth-order valence-electron chi connectivity index (χ4n) is 4.05. The van der Waals surface area contributed by atoms with Crippen molar-refractivity contribution < 1.29 is 13.9 Å². The zero-order valence-electron chi connectivity index (χ0n) is 17.8. The monoisotopic (exact) mass is 441 g/mol. The summed E-state index contributed by atoms with van der Waals surface area (Å²) in [6.07, 6.45) is 0. The van der Waals surface area contributed by atoms with Gasteiger partial charge in [-0.25, -0.2) is 9.18 Å². The molecule has 1 aromatic heterocycles. The number of carbonyl (C=O) groups is 1.